The molecule has 1 aromatic heterocycles. The molecule has 160 valence electrons. The molecule has 30 heavy (non-hydrogen) atoms. The van der Waals surface area contributed by atoms with Gasteiger partial charge in [0.2, 0.25) is 12.7 Å². The summed E-state index contributed by atoms with van der Waals surface area (Å²) in [6, 6.07) is 8.46. The minimum Gasteiger partial charge on any atom is -0.454 e. The molecular weight excluding hydrogens is 396 g/mol. The van der Waals surface area contributed by atoms with Crippen molar-refractivity contribution in [2.24, 2.45) is 5.92 Å². The Morgan fingerprint density at radius 1 is 1.10 bits per heavy atom. The highest BCUT2D eigenvalue weighted by Crippen LogP contribution is 2.36. The largest absolute Gasteiger partial charge is 0.454 e. The van der Waals surface area contributed by atoms with Gasteiger partial charge in [-0.05, 0) is 72.9 Å². The molecule has 4 heterocycles. The van der Waals surface area contributed by atoms with E-state index in [2.05, 4.69) is 33.4 Å². The summed E-state index contributed by atoms with van der Waals surface area (Å²) in [6.07, 6.45) is 6.27. The van der Waals surface area contributed by atoms with Gasteiger partial charge in [-0.3, -0.25) is 4.79 Å². The van der Waals surface area contributed by atoms with Crippen LogP contribution < -0.4 is 9.47 Å². The van der Waals surface area contributed by atoms with Crippen molar-refractivity contribution in [1.82, 2.24) is 9.80 Å². The fourth-order valence-electron chi connectivity index (χ4n) is 4.97. The van der Waals surface area contributed by atoms with Gasteiger partial charge in [-0.1, -0.05) is 12.5 Å². The highest BCUT2D eigenvalue weighted by Gasteiger charge is 2.27. The number of nitrogens with zero attached hydrogens (tertiary/aromatic N) is 2. The van der Waals surface area contributed by atoms with Gasteiger partial charge in [0.1, 0.15) is 0 Å². The van der Waals surface area contributed by atoms with Gasteiger partial charge in [0.25, 0.3) is 0 Å². The molecule has 1 aromatic carbocycles. The van der Waals surface area contributed by atoms with Crippen LogP contribution in [-0.4, -0.2) is 55.2 Å². The molecule has 5 nitrogen and oxygen atoms in total. The number of thiophene rings is 1. The summed E-state index contributed by atoms with van der Waals surface area (Å²) >= 11 is 1.85. The second-order valence-electron chi connectivity index (χ2n) is 8.73. The fraction of sp³-hybridized carbons (Fsp3) is 0.542. The van der Waals surface area contributed by atoms with Crippen LogP contribution in [0.2, 0.25) is 0 Å². The van der Waals surface area contributed by atoms with Crippen LogP contribution in [0, 0.1) is 5.92 Å². The number of carbonyl (C=O) groups excluding carboxylic acids is 1. The summed E-state index contributed by atoms with van der Waals surface area (Å²) in [7, 11) is 0. The maximum atomic E-state index is 13.0. The van der Waals surface area contributed by atoms with Crippen LogP contribution >= 0.6 is 11.3 Å². The number of hydrogen-bond acceptors (Lipinski definition) is 5. The molecule has 3 aliphatic rings. The predicted octanol–water partition coefficient (Wildman–Crippen LogP) is 3.75. The van der Waals surface area contributed by atoms with Gasteiger partial charge in [0.05, 0.1) is 6.42 Å². The summed E-state index contributed by atoms with van der Waals surface area (Å²) in [5.74, 6) is 2.42. The first-order valence-electron chi connectivity index (χ1n) is 11.2. The van der Waals surface area contributed by atoms with Crippen LogP contribution in [0.25, 0.3) is 0 Å². The van der Waals surface area contributed by atoms with Crippen LogP contribution in [0.15, 0.2) is 29.6 Å². The summed E-state index contributed by atoms with van der Waals surface area (Å²) in [5.41, 5.74) is 2.33. The first-order valence-corrected chi connectivity index (χ1v) is 12.1. The number of ether oxygens (including phenoxy) is 2. The molecule has 5 rings (SSSR count). The van der Waals surface area contributed by atoms with Gasteiger partial charge in [-0.15, -0.1) is 11.3 Å². The Morgan fingerprint density at radius 2 is 1.97 bits per heavy atom. The average molecular weight is 427 g/mol. The quantitative estimate of drug-likeness (QED) is 0.730. The molecule has 1 fully saturated rings. The second-order valence-corrected chi connectivity index (χ2v) is 9.76. The molecular formula is C24H30N2O3S. The Hall–Kier alpha value is -2.05. The van der Waals surface area contributed by atoms with Crippen LogP contribution in [0.4, 0.5) is 0 Å². The molecule has 0 bridgehead atoms. The molecule has 0 spiro atoms. The number of hydrogen-bond donors (Lipinski definition) is 0. The maximum Gasteiger partial charge on any atom is 0.231 e. The van der Waals surface area contributed by atoms with Crippen LogP contribution in [0.5, 0.6) is 11.5 Å². The molecule has 1 amide bonds. The van der Waals surface area contributed by atoms with Gasteiger partial charge in [0.15, 0.2) is 11.5 Å². The lowest BCUT2D eigenvalue weighted by molar-refractivity contribution is -0.130. The maximum absolute atomic E-state index is 13.0. The van der Waals surface area contributed by atoms with Crippen molar-refractivity contribution >= 4 is 17.2 Å². The molecule has 6 heteroatoms. The summed E-state index contributed by atoms with van der Waals surface area (Å²) in [4.78, 5) is 19.2. The molecule has 0 N–H and O–H groups in total. The van der Waals surface area contributed by atoms with Gasteiger partial charge >= 0.3 is 0 Å². The van der Waals surface area contributed by atoms with E-state index in [-0.39, 0.29) is 12.7 Å². The van der Waals surface area contributed by atoms with E-state index in [9.17, 15) is 4.79 Å². The van der Waals surface area contributed by atoms with Crippen LogP contribution in [-0.2, 0) is 24.1 Å². The van der Waals surface area contributed by atoms with Crippen molar-refractivity contribution in [3.05, 3.63) is 45.6 Å². The Kier molecular flexibility index (Phi) is 5.95. The van der Waals surface area contributed by atoms with Gasteiger partial charge < -0.3 is 19.3 Å². The number of amides is 1. The van der Waals surface area contributed by atoms with Crippen LogP contribution in [0.1, 0.15) is 35.3 Å². The highest BCUT2D eigenvalue weighted by molar-refractivity contribution is 7.09. The summed E-state index contributed by atoms with van der Waals surface area (Å²) < 4.78 is 11.0. The lowest BCUT2D eigenvalue weighted by Gasteiger charge is -2.29. The zero-order valence-corrected chi connectivity index (χ0v) is 18.3. The first-order chi connectivity index (χ1) is 14.7. The van der Waals surface area contributed by atoms with Gasteiger partial charge in [0, 0.05) is 31.1 Å². The summed E-state index contributed by atoms with van der Waals surface area (Å²) in [5, 5.41) is 2.16. The van der Waals surface area contributed by atoms with E-state index >= 15 is 0 Å². The molecule has 1 unspecified atom stereocenters. The van der Waals surface area contributed by atoms with Crippen molar-refractivity contribution in [2.45, 2.75) is 38.5 Å². The van der Waals surface area contributed by atoms with E-state index in [1.54, 1.807) is 0 Å². The highest BCUT2D eigenvalue weighted by atomic mass is 32.1. The monoisotopic (exact) mass is 426 g/mol. The zero-order valence-electron chi connectivity index (χ0n) is 17.5. The number of rotatable bonds is 5. The molecule has 1 atom stereocenters. The zero-order chi connectivity index (χ0) is 20.3. The smallest absolute Gasteiger partial charge is 0.231 e. The van der Waals surface area contributed by atoms with E-state index in [1.165, 1.54) is 36.2 Å². The number of fused-ring (bicyclic) bond motifs is 2. The average Bonchev–Trinajstić information content (AvgIpc) is 3.34. The van der Waals surface area contributed by atoms with Crippen molar-refractivity contribution in [1.29, 1.82) is 0 Å². The molecule has 0 saturated carbocycles. The molecule has 1 saturated heterocycles. The number of benzene rings is 1. The van der Waals surface area contributed by atoms with Crippen molar-refractivity contribution in [3.63, 3.8) is 0 Å². The Morgan fingerprint density at radius 3 is 2.80 bits per heavy atom. The topological polar surface area (TPSA) is 42.0 Å². The van der Waals surface area contributed by atoms with Crippen molar-refractivity contribution in [2.75, 3.05) is 39.5 Å². The minimum absolute atomic E-state index is 0.252. The van der Waals surface area contributed by atoms with E-state index in [0.717, 1.165) is 56.1 Å². The Bertz CT molecular complexity index is 883. The van der Waals surface area contributed by atoms with E-state index < -0.39 is 0 Å². The Balaban J connectivity index is 1.20. The molecule has 0 radical (unpaired) electrons. The van der Waals surface area contributed by atoms with E-state index in [0.29, 0.717) is 12.3 Å². The normalized spacial score (nSPS) is 21.9. The van der Waals surface area contributed by atoms with Crippen LogP contribution in [0.3, 0.4) is 0 Å². The Labute approximate surface area is 182 Å². The minimum atomic E-state index is 0.252. The second kappa shape index (κ2) is 8.98. The third kappa shape index (κ3) is 4.49. The third-order valence-electron chi connectivity index (χ3n) is 6.63. The van der Waals surface area contributed by atoms with Gasteiger partial charge in [-0.25, -0.2) is 0 Å². The van der Waals surface area contributed by atoms with Crippen molar-refractivity contribution in [3.8, 4) is 11.5 Å². The lowest BCUT2D eigenvalue weighted by atomic mass is 10.0. The van der Waals surface area contributed by atoms with E-state index in [4.69, 9.17) is 9.47 Å². The molecule has 0 aliphatic carbocycles. The predicted molar refractivity (Wildman–Crippen MR) is 118 cm³/mol. The van der Waals surface area contributed by atoms with Crippen molar-refractivity contribution < 1.29 is 14.3 Å². The lowest BCUT2D eigenvalue weighted by Crippen LogP contribution is -2.40. The SMILES string of the molecule is O=C1Cc2cc3c(cc2CCN1CC1CCCCN(CCc2cccs2)C1)OCO3. The summed E-state index contributed by atoms with van der Waals surface area (Å²) in [6.45, 7) is 5.39. The van der Waals surface area contributed by atoms with Gasteiger partial charge in [-0.2, -0.15) is 0 Å². The molecule has 2 aromatic rings. The number of carbonyl (C=O) groups is 1. The molecule has 3 aliphatic heterocycles. The fourth-order valence-corrected chi connectivity index (χ4v) is 5.67. The van der Waals surface area contributed by atoms with E-state index in [1.807, 2.05) is 17.4 Å². The first kappa shape index (κ1) is 19.9. The third-order valence-corrected chi connectivity index (χ3v) is 7.56. The standard InChI is InChI=1S/C24H30N2O3S/c27-24-14-20-13-23-22(28-17-29-23)12-19(20)6-10-26(24)16-18-4-1-2-8-25(15-18)9-7-21-5-3-11-30-21/h3,5,11-13,18H,1-2,4,6-10,14-17H2. The number of likely N-dealkylation sites (tertiary alicyclic amines) is 1.